The van der Waals surface area contributed by atoms with E-state index in [1.807, 2.05) is 4.90 Å². The zero-order valence-electron chi connectivity index (χ0n) is 12.3. The summed E-state index contributed by atoms with van der Waals surface area (Å²) in [6.07, 6.45) is 9.21. The van der Waals surface area contributed by atoms with Crippen LogP contribution in [-0.2, 0) is 0 Å². The molecule has 3 unspecified atom stereocenters. The Bertz CT molecular complexity index is 225. The molecule has 1 heterocycles. The Morgan fingerprint density at radius 3 is 2.21 bits per heavy atom. The number of likely N-dealkylation sites (tertiary alicyclic amines) is 1. The van der Waals surface area contributed by atoms with Gasteiger partial charge >= 0.3 is 0 Å². The molecule has 1 aliphatic rings. The van der Waals surface area contributed by atoms with E-state index in [-0.39, 0.29) is 12.8 Å². The fraction of sp³-hybridized carbons (Fsp3) is 1.00. The van der Waals surface area contributed by atoms with Gasteiger partial charge in [0.1, 0.15) is 0 Å². The average Bonchev–Trinajstić information content (AvgIpc) is 2.41. The van der Waals surface area contributed by atoms with Crippen molar-refractivity contribution in [1.29, 1.82) is 0 Å². The van der Waals surface area contributed by atoms with Crippen LogP contribution in [0, 0.1) is 0 Å². The largest absolute Gasteiger partial charge is 0.390 e. The van der Waals surface area contributed by atoms with Crippen LogP contribution in [0.1, 0.15) is 64.7 Å². The molecular weight excluding hydrogens is 242 g/mol. The molecule has 0 bridgehead atoms. The lowest BCUT2D eigenvalue weighted by Crippen LogP contribution is -2.52. The highest BCUT2D eigenvalue weighted by molar-refractivity contribution is 4.85. The maximum Gasteiger partial charge on any atom is 0.0959 e. The second-order valence-corrected chi connectivity index (χ2v) is 5.85. The fourth-order valence-corrected chi connectivity index (χ4v) is 2.91. The molecule has 0 amide bonds. The Balaban J connectivity index is 2.13. The summed E-state index contributed by atoms with van der Waals surface area (Å²) >= 11 is 0. The third-order valence-corrected chi connectivity index (χ3v) is 4.22. The summed E-state index contributed by atoms with van der Waals surface area (Å²) < 4.78 is 0. The van der Waals surface area contributed by atoms with E-state index in [9.17, 15) is 15.3 Å². The van der Waals surface area contributed by atoms with Crippen LogP contribution in [0.2, 0.25) is 0 Å². The number of piperidine rings is 1. The summed E-state index contributed by atoms with van der Waals surface area (Å²) in [6, 6.07) is 0.221. The van der Waals surface area contributed by atoms with E-state index in [1.54, 1.807) is 0 Å². The molecule has 0 aliphatic carbocycles. The van der Waals surface area contributed by atoms with Gasteiger partial charge in [0.05, 0.1) is 18.9 Å². The van der Waals surface area contributed by atoms with Crippen molar-refractivity contribution in [1.82, 2.24) is 4.90 Å². The van der Waals surface area contributed by atoms with Crippen LogP contribution >= 0.6 is 0 Å². The zero-order valence-corrected chi connectivity index (χ0v) is 12.3. The number of nitrogens with zero attached hydrogens (tertiary/aromatic N) is 1. The van der Waals surface area contributed by atoms with E-state index in [4.69, 9.17) is 0 Å². The van der Waals surface area contributed by atoms with E-state index in [1.165, 1.54) is 38.5 Å². The van der Waals surface area contributed by atoms with Crippen molar-refractivity contribution >= 4 is 0 Å². The Morgan fingerprint density at radius 1 is 0.947 bits per heavy atom. The molecule has 3 atom stereocenters. The minimum atomic E-state index is -0.711. The lowest BCUT2D eigenvalue weighted by atomic mass is 9.93. The molecule has 4 nitrogen and oxygen atoms in total. The molecule has 19 heavy (non-hydrogen) atoms. The standard InChI is InChI=1S/C15H31NO3/c1-2-3-4-5-6-7-8-9-13-10-14(18)15(19)11-16(13)12-17/h13-15,17-19H,2-12H2,1H3. The van der Waals surface area contributed by atoms with E-state index in [2.05, 4.69) is 6.92 Å². The zero-order chi connectivity index (χ0) is 14.1. The molecule has 114 valence electrons. The highest BCUT2D eigenvalue weighted by Crippen LogP contribution is 2.22. The van der Waals surface area contributed by atoms with Crippen LogP contribution in [0.5, 0.6) is 0 Å². The second-order valence-electron chi connectivity index (χ2n) is 5.85. The Labute approximate surface area is 117 Å². The van der Waals surface area contributed by atoms with Crippen molar-refractivity contribution in [2.75, 3.05) is 13.3 Å². The van der Waals surface area contributed by atoms with Gasteiger partial charge in [0.2, 0.25) is 0 Å². The van der Waals surface area contributed by atoms with Crippen molar-refractivity contribution < 1.29 is 15.3 Å². The number of hydrogen-bond donors (Lipinski definition) is 3. The normalized spacial score (nSPS) is 28.7. The van der Waals surface area contributed by atoms with Crippen molar-refractivity contribution in [2.24, 2.45) is 0 Å². The first-order valence-electron chi connectivity index (χ1n) is 7.90. The Hall–Kier alpha value is -0.160. The molecule has 0 radical (unpaired) electrons. The topological polar surface area (TPSA) is 63.9 Å². The van der Waals surface area contributed by atoms with Crippen LogP contribution < -0.4 is 0 Å². The molecule has 1 rings (SSSR count). The van der Waals surface area contributed by atoms with Crippen LogP contribution in [0.3, 0.4) is 0 Å². The molecular formula is C15H31NO3. The second kappa shape index (κ2) is 9.70. The Morgan fingerprint density at radius 2 is 1.58 bits per heavy atom. The Kier molecular flexibility index (Phi) is 8.62. The van der Waals surface area contributed by atoms with Gasteiger partial charge in [0.25, 0.3) is 0 Å². The van der Waals surface area contributed by atoms with E-state index < -0.39 is 12.2 Å². The number of hydrogen-bond acceptors (Lipinski definition) is 4. The first kappa shape index (κ1) is 16.9. The fourth-order valence-electron chi connectivity index (χ4n) is 2.91. The molecule has 0 aromatic heterocycles. The number of rotatable bonds is 9. The van der Waals surface area contributed by atoms with Gasteiger partial charge in [0, 0.05) is 12.6 Å². The van der Waals surface area contributed by atoms with E-state index >= 15 is 0 Å². The molecule has 1 saturated heterocycles. The first-order valence-corrected chi connectivity index (χ1v) is 7.90. The van der Waals surface area contributed by atoms with E-state index in [0.29, 0.717) is 13.0 Å². The average molecular weight is 273 g/mol. The van der Waals surface area contributed by atoms with Gasteiger partial charge in [0.15, 0.2) is 0 Å². The molecule has 4 heteroatoms. The van der Waals surface area contributed by atoms with E-state index in [0.717, 1.165) is 12.8 Å². The minimum Gasteiger partial charge on any atom is -0.390 e. The summed E-state index contributed by atoms with van der Waals surface area (Å²) in [5.74, 6) is 0. The van der Waals surface area contributed by atoms with Gasteiger partial charge in [-0.05, 0) is 12.8 Å². The lowest BCUT2D eigenvalue weighted by molar-refractivity contribution is -0.0849. The molecule has 1 fully saturated rings. The lowest BCUT2D eigenvalue weighted by Gasteiger charge is -2.39. The molecule has 0 aromatic rings. The van der Waals surface area contributed by atoms with Gasteiger partial charge < -0.3 is 15.3 Å². The number of aliphatic hydroxyl groups is 3. The smallest absolute Gasteiger partial charge is 0.0959 e. The van der Waals surface area contributed by atoms with Crippen molar-refractivity contribution in [2.45, 2.75) is 83.0 Å². The van der Waals surface area contributed by atoms with Crippen LogP contribution in [0.15, 0.2) is 0 Å². The maximum absolute atomic E-state index is 9.70. The molecule has 1 aliphatic heterocycles. The number of β-amino-alcohol motifs (C(OH)–C–C–N with tert-alkyl or cyclic N) is 1. The summed E-state index contributed by atoms with van der Waals surface area (Å²) in [4.78, 5) is 1.88. The first-order chi connectivity index (χ1) is 9.19. The maximum atomic E-state index is 9.70. The van der Waals surface area contributed by atoms with Crippen LogP contribution in [0.25, 0.3) is 0 Å². The molecule has 3 N–H and O–H groups in total. The SMILES string of the molecule is CCCCCCCCCC1CC(O)C(O)CN1CO. The summed E-state index contributed by atoms with van der Waals surface area (Å²) in [5, 5.41) is 28.6. The predicted octanol–water partition coefficient (Wildman–Crippen LogP) is 1.87. The van der Waals surface area contributed by atoms with Crippen molar-refractivity contribution in [3.8, 4) is 0 Å². The summed E-state index contributed by atoms with van der Waals surface area (Å²) in [6.45, 7) is 2.59. The van der Waals surface area contributed by atoms with Crippen LogP contribution in [-0.4, -0.2) is 51.7 Å². The third-order valence-electron chi connectivity index (χ3n) is 4.22. The van der Waals surface area contributed by atoms with Crippen molar-refractivity contribution in [3.05, 3.63) is 0 Å². The van der Waals surface area contributed by atoms with Crippen molar-refractivity contribution in [3.63, 3.8) is 0 Å². The monoisotopic (exact) mass is 273 g/mol. The highest BCUT2D eigenvalue weighted by Gasteiger charge is 2.32. The summed E-state index contributed by atoms with van der Waals surface area (Å²) in [5.41, 5.74) is 0. The van der Waals surface area contributed by atoms with Gasteiger partial charge in [-0.1, -0.05) is 51.9 Å². The minimum absolute atomic E-state index is 0.0229. The van der Waals surface area contributed by atoms with Gasteiger partial charge in [-0.3, -0.25) is 4.90 Å². The summed E-state index contributed by atoms with van der Waals surface area (Å²) in [7, 11) is 0. The molecule has 0 spiro atoms. The van der Waals surface area contributed by atoms with Gasteiger partial charge in [-0.25, -0.2) is 0 Å². The number of aliphatic hydroxyl groups excluding tert-OH is 3. The highest BCUT2D eigenvalue weighted by atomic mass is 16.3. The molecule has 0 saturated carbocycles. The van der Waals surface area contributed by atoms with Gasteiger partial charge in [-0.15, -0.1) is 0 Å². The van der Waals surface area contributed by atoms with Gasteiger partial charge in [-0.2, -0.15) is 0 Å². The van der Waals surface area contributed by atoms with Crippen LogP contribution in [0.4, 0.5) is 0 Å². The predicted molar refractivity (Wildman–Crippen MR) is 76.8 cm³/mol. The quantitative estimate of drug-likeness (QED) is 0.561. The molecule has 0 aromatic carbocycles. The number of unbranched alkanes of at least 4 members (excludes halogenated alkanes) is 6. The third kappa shape index (κ3) is 6.21.